The molecule has 0 radical (unpaired) electrons. The second kappa shape index (κ2) is 13.7. The monoisotopic (exact) mass is 566 g/mol. The number of ether oxygens (including phenoxy) is 1. The molecule has 15 heteroatoms. The number of rotatable bonds is 11. The van der Waals surface area contributed by atoms with Crippen LogP contribution in [0.3, 0.4) is 0 Å². The number of benzene rings is 1. The molecule has 2 aromatic heterocycles. The van der Waals surface area contributed by atoms with Crippen molar-refractivity contribution in [2.45, 2.75) is 64.0 Å². The molecule has 216 valence electrons. The van der Waals surface area contributed by atoms with Crippen molar-refractivity contribution in [2.24, 2.45) is 0 Å². The van der Waals surface area contributed by atoms with Gasteiger partial charge in [0.25, 0.3) is 5.91 Å². The van der Waals surface area contributed by atoms with Gasteiger partial charge in [-0.3, -0.25) is 9.48 Å². The number of nitrogens with one attached hydrogen (secondary N) is 1. The average Bonchev–Trinajstić information content (AvgIpc) is 3.54. The van der Waals surface area contributed by atoms with Crippen LogP contribution in [-0.4, -0.2) is 77.5 Å². The van der Waals surface area contributed by atoms with E-state index in [1.165, 1.54) is 12.7 Å². The third kappa shape index (κ3) is 8.90. The van der Waals surface area contributed by atoms with Gasteiger partial charge in [0, 0.05) is 36.7 Å². The Balaban J connectivity index is 0.000000559. The Labute approximate surface area is 226 Å². The Kier molecular flexibility index (Phi) is 10.4. The average molecular weight is 567 g/mol. The zero-order valence-electron chi connectivity index (χ0n) is 21.5. The predicted octanol–water partition coefficient (Wildman–Crippen LogP) is 2.93. The van der Waals surface area contributed by atoms with Crippen LogP contribution in [0.1, 0.15) is 41.6 Å². The van der Waals surface area contributed by atoms with Gasteiger partial charge >= 0.3 is 18.1 Å². The number of amides is 1. The largest absolute Gasteiger partial charge is 0.490 e. The van der Waals surface area contributed by atoms with Gasteiger partial charge in [0.15, 0.2) is 0 Å². The number of aromatic nitrogens is 5. The second-order valence-corrected chi connectivity index (χ2v) is 9.10. The van der Waals surface area contributed by atoms with Crippen LogP contribution in [0.15, 0.2) is 43.1 Å². The van der Waals surface area contributed by atoms with Crippen molar-refractivity contribution in [1.82, 2.24) is 29.9 Å². The van der Waals surface area contributed by atoms with Crippen molar-refractivity contribution in [1.29, 1.82) is 0 Å². The zero-order valence-corrected chi connectivity index (χ0v) is 21.5. The number of nitrogens with zero attached hydrogens (tertiary/aromatic N) is 5. The van der Waals surface area contributed by atoms with Crippen LogP contribution in [0.25, 0.3) is 11.3 Å². The Morgan fingerprint density at radius 1 is 1.23 bits per heavy atom. The highest BCUT2D eigenvalue weighted by Gasteiger charge is 2.38. The van der Waals surface area contributed by atoms with Crippen LogP contribution in [0.5, 0.6) is 0 Å². The quantitative estimate of drug-likeness (QED) is 0.296. The molecule has 2 heterocycles. The number of aliphatic carboxylic acids is 2. The van der Waals surface area contributed by atoms with Gasteiger partial charge in [0.05, 0.1) is 25.2 Å². The Hall–Kier alpha value is -4.27. The highest BCUT2D eigenvalue weighted by molar-refractivity contribution is 5.97. The molecule has 0 bridgehead atoms. The Bertz CT molecular complexity index is 1290. The minimum absolute atomic E-state index is 0.0819. The summed E-state index contributed by atoms with van der Waals surface area (Å²) in [5.41, 5.74) is 2.74. The number of hydrogen-bond acceptors (Lipinski definition) is 7. The smallest absolute Gasteiger partial charge is 0.480 e. The molecular formula is C25H29F3N6O6. The van der Waals surface area contributed by atoms with Crippen LogP contribution in [-0.2, 0) is 27.4 Å². The minimum atomic E-state index is -5.08. The predicted molar refractivity (Wildman–Crippen MR) is 133 cm³/mol. The summed E-state index contributed by atoms with van der Waals surface area (Å²) in [7, 11) is 0. The van der Waals surface area contributed by atoms with Crippen LogP contribution < -0.4 is 5.32 Å². The summed E-state index contributed by atoms with van der Waals surface area (Å²) in [6, 6.07) is 4.13. The van der Waals surface area contributed by atoms with E-state index in [9.17, 15) is 27.9 Å². The first kappa shape index (κ1) is 30.3. The summed E-state index contributed by atoms with van der Waals surface area (Å²) in [4.78, 5) is 37.2. The van der Waals surface area contributed by atoms with Gasteiger partial charge in [-0.05, 0) is 50.3 Å². The van der Waals surface area contributed by atoms with Crippen LogP contribution in [0, 0.1) is 6.92 Å². The maximum absolute atomic E-state index is 12.8. The minimum Gasteiger partial charge on any atom is -0.480 e. The van der Waals surface area contributed by atoms with E-state index < -0.39 is 30.1 Å². The number of carbonyl (C=O) groups excluding carboxylic acids is 1. The van der Waals surface area contributed by atoms with Gasteiger partial charge in [0.2, 0.25) is 0 Å². The number of carboxylic acids is 2. The van der Waals surface area contributed by atoms with E-state index in [2.05, 4.69) is 20.6 Å². The number of carboxylic acid groups (broad SMARTS) is 2. The van der Waals surface area contributed by atoms with Crippen LogP contribution in [0.2, 0.25) is 0 Å². The second-order valence-electron chi connectivity index (χ2n) is 9.10. The number of aryl methyl sites for hydroxylation is 2. The van der Waals surface area contributed by atoms with Crippen molar-refractivity contribution in [3.63, 3.8) is 0 Å². The molecule has 3 aromatic rings. The highest BCUT2D eigenvalue weighted by atomic mass is 19.4. The fraction of sp³-hybridized carbons (Fsp3) is 0.440. The topological polar surface area (TPSA) is 161 Å². The van der Waals surface area contributed by atoms with Crippen molar-refractivity contribution >= 4 is 17.8 Å². The molecule has 1 unspecified atom stereocenters. The first-order chi connectivity index (χ1) is 18.9. The van der Waals surface area contributed by atoms with E-state index in [1.54, 1.807) is 33.8 Å². The van der Waals surface area contributed by atoms with E-state index in [4.69, 9.17) is 14.6 Å². The maximum Gasteiger partial charge on any atom is 0.490 e. The van der Waals surface area contributed by atoms with Gasteiger partial charge in [-0.1, -0.05) is 11.3 Å². The number of alkyl halides is 3. The van der Waals surface area contributed by atoms with Crippen molar-refractivity contribution in [2.75, 3.05) is 6.61 Å². The summed E-state index contributed by atoms with van der Waals surface area (Å²) in [6.07, 6.45) is 6.34. The fourth-order valence-corrected chi connectivity index (χ4v) is 3.62. The number of halogens is 3. The van der Waals surface area contributed by atoms with Gasteiger partial charge in [-0.2, -0.15) is 13.2 Å². The van der Waals surface area contributed by atoms with Gasteiger partial charge in [-0.15, -0.1) is 5.10 Å². The molecular weight excluding hydrogens is 537 g/mol. The third-order valence-corrected chi connectivity index (χ3v) is 6.05. The maximum atomic E-state index is 12.8. The number of hydrogen-bond donors (Lipinski definition) is 3. The van der Waals surface area contributed by atoms with E-state index in [0.717, 1.165) is 30.4 Å². The molecule has 3 N–H and O–H groups in total. The molecule has 1 aromatic carbocycles. The molecule has 1 fully saturated rings. The Morgan fingerprint density at radius 2 is 1.95 bits per heavy atom. The molecule has 4 rings (SSSR count). The van der Waals surface area contributed by atoms with Crippen LogP contribution in [0.4, 0.5) is 13.2 Å². The SMILES string of the molecule is Cc1ccc(C(=O)NC(Cn2ccnc2)C(=O)O)cc1-c1cn(CCCOC2CCC2)nn1.O=C(O)C(F)(F)F. The molecule has 0 spiro atoms. The summed E-state index contributed by atoms with van der Waals surface area (Å²) in [5.74, 6) is -4.34. The van der Waals surface area contributed by atoms with Gasteiger partial charge in [0.1, 0.15) is 11.7 Å². The molecule has 1 amide bonds. The van der Waals surface area contributed by atoms with E-state index in [-0.39, 0.29) is 6.54 Å². The van der Waals surface area contributed by atoms with E-state index >= 15 is 0 Å². The van der Waals surface area contributed by atoms with Crippen molar-refractivity contribution < 1.29 is 42.5 Å². The van der Waals surface area contributed by atoms with Crippen molar-refractivity contribution in [3.8, 4) is 11.3 Å². The fourth-order valence-electron chi connectivity index (χ4n) is 3.62. The summed E-state index contributed by atoms with van der Waals surface area (Å²) >= 11 is 0. The lowest BCUT2D eigenvalue weighted by atomic mass is 9.96. The molecule has 0 aliphatic heterocycles. The lowest BCUT2D eigenvalue weighted by Gasteiger charge is -2.25. The first-order valence-corrected chi connectivity index (χ1v) is 12.4. The summed E-state index contributed by atoms with van der Waals surface area (Å²) in [5, 5.41) is 27.7. The standard InChI is InChI=1S/C23H28N6O4.C2HF3O2/c1-16-6-7-17(22(30)25-21(23(31)32)13-28-10-8-24-15-28)12-19(16)20-14-29(27-26-20)9-3-11-33-18-4-2-5-18;3-2(4,5)1(6)7/h6-8,10,12,14-15,18,21H,2-5,9,11,13H2,1H3,(H,25,30)(H,31,32);(H,6,7). The number of imidazole rings is 1. The molecule has 40 heavy (non-hydrogen) atoms. The third-order valence-electron chi connectivity index (χ3n) is 6.05. The van der Waals surface area contributed by atoms with Gasteiger partial charge in [-0.25, -0.2) is 14.6 Å². The molecule has 0 saturated heterocycles. The lowest BCUT2D eigenvalue weighted by molar-refractivity contribution is -0.192. The zero-order chi connectivity index (χ0) is 29.3. The number of carbonyl (C=O) groups is 3. The van der Waals surface area contributed by atoms with E-state index in [0.29, 0.717) is 30.5 Å². The Morgan fingerprint density at radius 3 is 2.52 bits per heavy atom. The highest BCUT2D eigenvalue weighted by Crippen LogP contribution is 2.24. The lowest BCUT2D eigenvalue weighted by Crippen LogP contribution is -2.43. The van der Waals surface area contributed by atoms with Crippen molar-refractivity contribution in [3.05, 3.63) is 54.2 Å². The molecule has 1 atom stereocenters. The molecule has 1 saturated carbocycles. The molecule has 1 aliphatic carbocycles. The summed E-state index contributed by atoms with van der Waals surface area (Å²) < 4.78 is 40.9. The van der Waals surface area contributed by atoms with Crippen LogP contribution >= 0.6 is 0 Å². The molecule has 1 aliphatic rings. The summed E-state index contributed by atoms with van der Waals surface area (Å²) in [6.45, 7) is 3.42. The first-order valence-electron chi connectivity index (χ1n) is 12.4. The molecule has 12 nitrogen and oxygen atoms in total. The van der Waals surface area contributed by atoms with Gasteiger partial charge < -0.3 is 24.8 Å². The van der Waals surface area contributed by atoms with E-state index in [1.807, 2.05) is 19.2 Å². The normalized spacial score (nSPS) is 14.0.